The summed E-state index contributed by atoms with van der Waals surface area (Å²) in [7, 11) is 0. The highest BCUT2D eigenvalue weighted by Crippen LogP contribution is 2.38. The zero-order chi connectivity index (χ0) is 15.5. The third-order valence-corrected chi connectivity index (χ3v) is 4.03. The summed E-state index contributed by atoms with van der Waals surface area (Å²) in [6.45, 7) is 4.25. The van der Waals surface area contributed by atoms with E-state index in [0.29, 0.717) is 18.0 Å². The number of nitrogens with one attached hydrogen (secondary N) is 2. The lowest BCUT2D eigenvalue weighted by Crippen LogP contribution is -2.37. The van der Waals surface area contributed by atoms with E-state index in [0.717, 1.165) is 26.6 Å². The van der Waals surface area contributed by atoms with Crippen LogP contribution in [0.3, 0.4) is 0 Å². The number of carbonyl (C=O) groups is 2. The fourth-order valence-corrected chi connectivity index (χ4v) is 2.95. The highest BCUT2D eigenvalue weighted by molar-refractivity contribution is 5.94. The number of carbonyl (C=O) groups excluding carboxylic acids is 1. The molecule has 1 aromatic heterocycles. The van der Waals surface area contributed by atoms with Gasteiger partial charge in [0, 0.05) is 44.7 Å². The Kier molecular flexibility index (Phi) is 4.59. The number of aliphatic hydroxyl groups is 1. The van der Waals surface area contributed by atoms with Gasteiger partial charge in [0.25, 0.3) is 11.9 Å². The normalized spacial score (nSPS) is 27.0. The Balaban J connectivity index is 0.000000361. The molecule has 2 atom stereocenters. The average molecular weight is 296 g/mol. The highest BCUT2D eigenvalue weighted by atomic mass is 16.4. The predicted molar refractivity (Wildman–Crippen MR) is 73.7 cm³/mol. The second-order valence-electron chi connectivity index (χ2n) is 5.54. The number of aromatic nitrogens is 2. The predicted octanol–water partition coefficient (Wildman–Crippen LogP) is -0.845. The average Bonchev–Trinajstić information content (AvgIpc) is 3.12. The summed E-state index contributed by atoms with van der Waals surface area (Å²) in [6.07, 6.45) is 3.15. The first-order chi connectivity index (χ1) is 9.98. The van der Waals surface area contributed by atoms with E-state index in [4.69, 9.17) is 9.90 Å². The first-order valence-corrected chi connectivity index (χ1v) is 6.77. The fourth-order valence-electron chi connectivity index (χ4n) is 2.95. The van der Waals surface area contributed by atoms with Crippen molar-refractivity contribution >= 4 is 11.9 Å². The maximum Gasteiger partial charge on any atom is 0.300 e. The molecule has 1 amide bonds. The van der Waals surface area contributed by atoms with Crippen LogP contribution >= 0.6 is 0 Å². The number of hydrogen-bond acceptors (Lipinski definition) is 5. The molecule has 2 unspecified atom stereocenters. The van der Waals surface area contributed by atoms with Crippen molar-refractivity contribution in [2.75, 3.05) is 32.8 Å². The van der Waals surface area contributed by atoms with Crippen LogP contribution in [0.15, 0.2) is 12.4 Å². The zero-order valence-electron chi connectivity index (χ0n) is 11.9. The van der Waals surface area contributed by atoms with E-state index in [1.165, 1.54) is 0 Å². The minimum absolute atomic E-state index is 0.000903. The quantitative estimate of drug-likeness (QED) is 0.565. The molecule has 1 aromatic rings. The molecule has 2 aliphatic heterocycles. The van der Waals surface area contributed by atoms with Crippen molar-refractivity contribution in [1.82, 2.24) is 20.4 Å². The lowest BCUT2D eigenvalue weighted by molar-refractivity contribution is -0.134. The van der Waals surface area contributed by atoms with Gasteiger partial charge in [0.2, 0.25) is 0 Å². The van der Waals surface area contributed by atoms with Crippen molar-refractivity contribution in [1.29, 1.82) is 0 Å². The molecule has 0 aliphatic carbocycles. The number of rotatable bonds is 2. The number of nitrogens with zero attached hydrogens (tertiary/aromatic N) is 2. The minimum Gasteiger partial charge on any atom is -0.481 e. The van der Waals surface area contributed by atoms with Gasteiger partial charge in [-0.05, 0) is 5.92 Å². The topological polar surface area (TPSA) is 119 Å². The molecule has 0 bridgehead atoms. The van der Waals surface area contributed by atoms with Gasteiger partial charge in [-0.3, -0.25) is 14.7 Å². The lowest BCUT2D eigenvalue weighted by atomic mass is 9.82. The number of likely N-dealkylation sites (tertiary alicyclic amines) is 1. The van der Waals surface area contributed by atoms with Crippen LogP contribution in [0.2, 0.25) is 0 Å². The summed E-state index contributed by atoms with van der Waals surface area (Å²) in [4.78, 5) is 23.0. The Morgan fingerprint density at radius 3 is 2.81 bits per heavy atom. The van der Waals surface area contributed by atoms with Gasteiger partial charge in [-0.2, -0.15) is 5.10 Å². The number of hydrogen-bond donors (Lipinski definition) is 4. The van der Waals surface area contributed by atoms with Crippen molar-refractivity contribution in [3.05, 3.63) is 18.0 Å². The molecule has 8 heteroatoms. The summed E-state index contributed by atoms with van der Waals surface area (Å²) < 4.78 is 0. The second kappa shape index (κ2) is 6.23. The number of aliphatic hydroxyl groups excluding tert-OH is 1. The first-order valence-electron chi connectivity index (χ1n) is 6.77. The Morgan fingerprint density at radius 1 is 1.57 bits per heavy atom. The second-order valence-corrected chi connectivity index (χ2v) is 5.54. The number of aromatic amines is 1. The summed E-state index contributed by atoms with van der Waals surface area (Å²) in [6, 6.07) is 0. The van der Waals surface area contributed by atoms with E-state index in [9.17, 15) is 9.90 Å². The van der Waals surface area contributed by atoms with E-state index in [2.05, 4.69) is 15.5 Å². The van der Waals surface area contributed by atoms with Crippen molar-refractivity contribution < 1.29 is 19.8 Å². The molecule has 0 spiro atoms. The van der Waals surface area contributed by atoms with E-state index < -0.39 is 5.97 Å². The summed E-state index contributed by atoms with van der Waals surface area (Å²) >= 11 is 0. The SMILES string of the molecule is CC(=O)O.O=C(c1cn[nH]c1)N1CC2CNCC2(CO)C1. The number of carboxylic acids is 1. The van der Waals surface area contributed by atoms with Crippen LogP contribution in [-0.4, -0.2) is 70.0 Å². The molecule has 2 fully saturated rings. The maximum atomic E-state index is 12.2. The van der Waals surface area contributed by atoms with E-state index >= 15 is 0 Å². The Hall–Kier alpha value is -1.93. The van der Waals surface area contributed by atoms with Crippen molar-refractivity contribution in [2.24, 2.45) is 11.3 Å². The van der Waals surface area contributed by atoms with Gasteiger partial charge < -0.3 is 20.4 Å². The number of carboxylic acid groups (broad SMARTS) is 1. The van der Waals surface area contributed by atoms with E-state index in [1.54, 1.807) is 12.4 Å². The molecule has 3 rings (SSSR count). The van der Waals surface area contributed by atoms with Crippen molar-refractivity contribution in [2.45, 2.75) is 6.92 Å². The maximum absolute atomic E-state index is 12.2. The Bertz CT molecular complexity index is 500. The van der Waals surface area contributed by atoms with Crippen LogP contribution in [0.4, 0.5) is 0 Å². The molecule has 21 heavy (non-hydrogen) atoms. The van der Waals surface area contributed by atoms with E-state index in [1.807, 2.05) is 4.90 Å². The van der Waals surface area contributed by atoms with Crippen LogP contribution < -0.4 is 5.32 Å². The number of aliphatic carboxylic acids is 1. The molecular formula is C13H20N4O4. The Labute approximate surface area is 122 Å². The molecule has 116 valence electrons. The minimum atomic E-state index is -0.833. The van der Waals surface area contributed by atoms with Gasteiger partial charge in [-0.25, -0.2) is 0 Å². The van der Waals surface area contributed by atoms with Crippen LogP contribution in [0.25, 0.3) is 0 Å². The molecule has 8 nitrogen and oxygen atoms in total. The van der Waals surface area contributed by atoms with Crippen LogP contribution in [0, 0.1) is 11.3 Å². The largest absolute Gasteiger partial charge is 0.481 e. The summed E-state index contributed by atoms with van der Waals surface area (Å²) in [5.41, 5.74) is 0.449. The standard InChI is InChI=1S/C11H16N4O2.C2H4O2/c16-7-11-5-12-3-9(11)4-15(6-11)10(17)8-1-13-14-2-8;1-2(3)4/h1-2,9,12,16H,3-7H2,(H,13,14);1H3,(H,3,4). The van der Waals surface area contributed by atoms with Crippen LogP contribution in [-0.2, 0) is 4.79 Å². The van der Waals surface area contributed by atoms with Gasteiger partial charge in [0.05, 0.1) is 18.4 Å². The van der Waals surface area contributed by atoms with Crippen LogP contribution in [0.1, 0.15) is 17.3 Å². The number of amides is 1. The zero-order valence-corrected chi connectivity index (χ0v) is 11.9. The summed E-state index contributed by atoms with van der Waals surface area (Å²) in [5.74, 6) is -0.468. The molecule has 2 aliphatic rings. The molecule has 2 saturated heterocycles. The molecule has 0 radical (unpaired) electrons. The van der Waals surface area contributed by atoms with E-state index in [-0.39, 0.29) is 17.9 Å². The molecule has 4 N–H and O–H groups in total. The first kappa shape index (κ1) is 15.5. The Morgan fingerprint density at radius 2 is 2.29 bits per heavy atom. The fraction of sp³-hybridized carbons (Fsp3) is 0.615. The number of fused-ring (bicyclic) bond motifs is 1. The third-order valence-electron chi connectivity index (χ3n) is 4.03. The highest BCUT2D eigenvalue weighted by Gasteiger charge is 2.50. The lowest BCUT2D eigenvalue weighted by Gasteiger charge is -2.24. The molecule has 0 aromatic carbocycles. The van der Waals surface area contributed by atoms with Gasteiger partial charge in [0.1, 0.15) is 0 Å². The number of H-pyrrole nitrogens is 1. The van der Waals surface area contributed by atoms with Gasteiger partial charge in [-0.1, -0.05) is 0 Å². The molecule has 0 saturated carbocycles. The molecule has 3 heterocycles. The smallest absolute Gasteiger partial charge is 0.300 e. The van der Waals surface area contributed by atoms with Gasteiger partial charge >= 0.3 is 0 Å². The third kappa shape index (κ3) is 3.22. The van der Waals surface area contributed by atoms with Gasteiger partial charge in [-0.15, -0.1) is 0 Å². The monoisotopic (exact) mass is 296 g/mol. The van der Waals surface area contributed by atoms with Gasteiger partial charge in [0.15, 0.2) is 0 Å². The molecular weight excluding hydrogens is 276 g/mol. The van der Waals surface area contributed by atoms with Crippen molar-refractivity contribution in [3.8, 4) is 0 Å². The van der Waals surface area contributed by atoms with Crippen LogP contribution in [0.5, 0.6) is 0 Å². The van der Waals surface area contributed by atoms with Crippen molar-refractivity contribution in [3.63, 3.8) is 0 Å². The summed E-state index contributed by atoms with van der Waals surface area (Å²) in [5, 5.41) is 26.7.